The molecule has 0 fully saturated rings. The topological polar surface area (TPSA) is 62.6 Å². The molecule has 7 heteroatoms. The smallest absolute Gasteiger partial charge is 0.421 e. The van der Waals surface area contributed by atoms with E-state index in [1.807, 2.05) is 0 Å². The average Bonchev–Trinajstić information content (AvgIpc) is 2.26. The van der Waals surface area contributed by atoms with Crippen LogP contribution in [0, 0.1) is 0 Å². The highest BCUT2D eigenvalue weighted by Crippen LogP contribution is 2.36. The fourth-order valence-electron chi connectivity index (χ4n) is 1.12. The number of aliphatic hydroxyl groups is 2. The van der Waals surface area contributed by atoms with Crippen LogP contribution in [0.2, 0.25) is 0 Å². The quantitative estimate of drug-likeness (QED) is 0.827. The average molecular weight is 237 g/mol. The van der Waals surface area contributed by atoms with Gasteiger partial charge in [0.05, 0.1) is 13.7 Å². The van der Waals surface area contributed by atoms with Gasteiger partial charge < -0.3 is 14.9 Å². The lowest BCUT2D eigenvalue weighted by atomic mass is 10.1. The van der Waals surface area contributed by atoms with Crippen molar-refractivity contribution in [2.45, 2.75) is 12.3 Å². The number of alkyl halides is 3. The van der Waals surface area contributed by atoms with E-state index in [0.717, 1.165) is 13.3 Å². The lowest BCUT2D eigenvalue weighted by Crippen LogP contribution is -2.12. The Bertz CT molecular complexity index is 368. The molecule has 0 radical (unpaired) electrons. The Morgan fingerprint density at radius 2 is 2.12 bits per heavy atom. The predicted octanol–water partition coefficient (Wildman–Crippen LogP) is 1.13. The number of ether oxygens (including phenoxy) is 1. The third-order valence-corrected chi connectivity index (χ3v) is 1.93. The molecule has 2 N–H and O–H groups in total. The molecule has 1 aromatic rings. The summed E-state index contributed by atoms with van der Waals surface area (Å²) in [7, 11) is 1.07. The van der Waals surface area contributed by atoms with Crippen molar-refractivity contribution in [2.75, 3.05) is 13.7 Å². The van der Waals surface area contributed by atoms with Crippen molar-refractivity contribution in [3.8, 4) is 5.88 Å². The molecule has 1 unspecified atom stereocenters. The summed E-state index contributed by atoms with van der Waals surface area (Å²) in [5, 5.41) is 17.8. The minimum atomic E-state index is -4.62. The molecule has 0 spiro atoms. The molecule has 0 amide bonds. The number of aliphatic hydroxyl groups excluding tert-OH is 2. The molecule has 4 nitrogen and oxygen atoms in total. The largest absolute Gasteiger partial charge is 0.481 e. The van der Waals surface area contributed by atoms with E-state index in [1.165, 1.54) is 0 Å². The molecule has 0 aliphatic rings. The predicted molar refractivity (Wildman–Crippen MR) is 47.8 cm³/mol. The highest BCUT2D eigenvalue weighted by molar-refractivity contribution is 5.33. The second kappa shape index (κ2) is 4.67. The number of rotatable bonds is 3. The summed E-state index contributed by atoms with van der Waals surface area (Å²) < 4.78 is 42.0. The van der Waals surface area contributed by atoms with E-state index in [-0.39, 0.29) is 5.56 Å². The maximum atomic E-state index is 12.5. The van der Waals surface area contributed by atoms with Crippen molar-refractivity contribution in [1.29, 1.82) is 0 Å². The van der Waals surface area contributed by atoms with Crippen LogP contribution in [-0.4, -0.2) is 28.9 Å². The van der Waals surface area contributed by atoms with Crippen LogP contribution in [0.4, 0.5) is 13.2 Å². The van der Waals surface area contributed by atoms with Crippen LogP contribution >= 0.6 is 0 Å². The number of hydrogen-bond acceptors (Lipinski definition) is 4. The molecule has 90 valence electrons. The van der Waals surface area contributed by atoms with E-state index in [2.05, 4.69) is 9.72 Å². The number of aromatic nitrogens is 1. The van der Waals surface area contributed by atoms with Crippen molar-refractivity contribution in [3.63, 3.8) is 0 Å². The number of hydrogen-bond donors (Lipinski definition) is 2. The molecule has 1 atom stereocenters. The van der Waals surface area contributed by atoms with Gasteiger partial charge in [0.2, 0.25) is 5.88 Å². The second-order valence-corrected chi connectivity index (χ2v) is 3.02. The number of halogens is 3. The second-order valence-electron chi connectivity index (χ2n) is 3.02. The normalized spacial score (nSPS) is 13.6. The van der Waals surface area contributed by atoms with Gasteiger partial charge in [-0.15, -0.1) is 0 Å². The van der Waals surface area contributed by atoms with E-state index < -0.39 is 30.3 Å². The molecular weight excluding hydrogens is 227 g/mol. The molecule has 1 aromatic heterocycles. The van der Waals surface area contributed by atoms with Gasteiger partial charge >= 0.3 is 6.18 Å². The van der Waals surface area contributed by atoms with Crippen molar-refractivity contribution >= 4 is 0 Å². The third-order valence-electron chi connectivity index (χ3n) is 1.93. The minimum Gasteiger partial charge on any atom is -0.481 e. The number of methoxy groups -OCH3 is 1. The summed E-state index contributed by atoms with van der Waals surface area (Å²) >= 11 is 0. The van der Waals surface area contributed by atoms with Crippen LogP contribution in [0.5, 0.6) is 5.88 Å². The minimum absolute atomic E-state index is 0.115. The monoisotopic (exact) mass is 237 g/mol. The Morgan fingerprint density at radius 1 is 1.50 bits per heavy atom. The van der Waals surface area contributed by atoms with Crippen molar-refractivity contribution < 1.29 is 28.1 Å². The third kappa shape index (κ3) is 2.61. The number of pyridine rings is 1. The molecule has 0 bridgehead atoms. The summed E-state index contributed by atoms with van der Waals surface area (Å²) in [6, 6.07) is 0.701. The maximum Gasteiger partial charge on any atom is 0.421 e. The fourth-order valence-corrected chi connectivity index (χ4v) is 1.12. The lowest BCUT2D eigenvalue weighted by Gasteiger charge is -2.14. The SMILES string of the molecule is COc1ncc(C(O)CO)cc1C(F)(F)F. The highest BCUT2D eigenvalue weighted by atomic mass is 19.4. The van der Waals surface area contributed by atoms with Gasteiger partial charge in [-0.1, -0.05) is 0 Å². The van der Waals surface area contributed by atoms with E-state index in [0.29, 0.717) is 6.07 Å². The Kier molecular flexibility index (Phi) is 3.71. The fraction of sp³-hybridized carbons (Fsp3) is 0.444. The van der Waals surface area contributed by atoms with Crippen molar-refractivity contribution in [3.05, 3.63) is 23.4 Å². The summed E-state index contributed by atoms with van der Waals surface area (Å²) in [5.74, 6) is -0.568. The Labute approximate surface area is 89.3 Å². The van der Waals surface area contributed by atoms with Gasteiger partial charge in [0.15, 0.2) is 0 Å². The zero-order chi connectivity index (χ0) is 12.3. The molecule has 0 aliphatic heterocycles. The Hall–Kier alpha value is -1.34. The van der Waals surface area contributed by atoms with Crippen LogP contribution in [0.1, 0.15) is 17.2 Å². The molecule has 0 saturated carbocycles. The van der Waals surface area contributed by atoms with Crippen molar-refractivity contribution in [2.24, 2.45) is 0 Å². The van der Waals surface area contributed by atoms with Crippen molar-refractivity contribution in [1.82, 2.24) is 4.98 Å². The van der Waals surface area contributed by atoms with E-state index in [9.17, 15) is 18.3 Å². The van der Waals surface area contributed by atoms with Crippen LogP contribution in [0.25, 0.3) is 0 Å². The Balaban J connectivity index is 3.22. The molecule has 1 rings (SSSR count). The van der Waals surface area contributed by atoms with Crippen LogP contribution in [0.3, 0.4) is 0 Å². The van der Waals surface area contributed by atoms with Gasteiger partial charge in [0, 0.05) is 11.8 Å². The van der Waals surface area contributed by atoms with Crippen LogP contribution in [-0.2, 0) is 6.18 Å². The summed E-state index contributed by atoms with van der Waals surface area (Å²) in [5.41, 5.74) is -1.20. The van der Waals surface area contributed by atoms with Crippen LogP contribution < -0.4 is 4.74 Å². The van der Waals surface area contributed by atoms with E-state index in [4.69, 9.17) is 5.11 Å². The van der Waals surface area contributed by atoms with Gasteiger partial charge in [-0.25, -0.2) is 4.98 Å². The first-order valence-electron chi connectivity index (χ1n) is 4.30. The van der Waals surface area contributed by atoms with Gasteiger partial charge in [0.25, 0.3) is 0 Å². The molecule has 0 aromatic carbocycles. The van der Waals surface area contributed by atoms with E-state index >= 15 is 0 Å². The van der Waals surface area contributed by atoms with Gasteiger partial charge in [-0.2, -0.15) is 13.2 Å². The summed E-state index contributed by atoms with van der Waals surface area (Å²) in [4.78, 5) is 3.42. The lowest BCUT2D eigenvalue weighted by molar-refractivity contribution is -0.139. The molecule has 16 heavy (non-hydrogen) atoms. The zero-order valence-corrected chi connectivity index (χ0v) is 8.32. The molecule has 0 saturated heterocycles. The highest BCUT2D eigenvalue weighted by Gasteiger charge is 2.35. The van der Waals surface area contributed by atoms with E-state index in [1.54, 1.807) is 0 Å². The molecule has 0 aliphatic carbocycles. The summed E-state index contributed by atoms with van der Waals surface area (Å²) in [6.07, 6.45) is -4.99. The first kappa shape index (κ1) is 12.7. The van der Waals surface area contributed by atoms with Gasteiger partial charge in [-0.3, -0.25) is 0 Å². The maximum absolute atomic E-state index is 12.5. The van der Waals surface area contributed by atoms with Gasteiger partial charge in [0.1, 0.15) is 11.7 Å². The Morgan fingerprint density at radius 3 is 2.56 bits per heavy atom. The zero-order valence-electron chi connectivity index (χ0n) is 8.32. The first-order valence-corrected chi connectivity index (χ1v) is 4.30. The number of nitrogens with zero attached hydrogens (tertiary/aromatic N) is 1. The molecule has 1 heterocycles. The molecular formula is C9H10F3NO3. The summed E-state index contributed by atoms with van der Waals surface area (Å²) in [6.45, 7) is -0.675. The van der Waals surface area contributed by atoms with Crippen LogP contribution in [0.15, 0.2) is 12.3 Å². The van der Waals surface area contributed by atoms with Gasteiger partial charge in [-0.05, 0) is 6.07 Å². The standard InChI is InChI=1S/C9H10F3NO3/c1-16-8-6(9(10,11)12)2-5(3-13-8)7(15)4-14/h2-3,7,14-15H,4H2,1H3. The first-order chi connectivity index (χ1) is 7.40.